The molecule has 27 heavy (non-hydrogen) atoms. The lowest BCUT2D eigenvalue weighted by atomic mass is 10.1. The van der Waals surface area contributed by atoms with Gasteiger partial charge in [-0.15, -0.1) is 0 Å². The van der Waals surface area contributed by atoms with Gasteiger partial charge in [0.1, 0.15) is 17.4 Å². The fourth-order valence-corrected chi connectivity index (χ4v) is 3.15. The largest absolute Gasteiger partial charge is 0.497 e. The number of hydrogen-bond acceptors (Lipinski definition) is 7. The zero-order valence-corrected chi connectivity index (χ0v) is 14.8. The Kier molecular flexibility index (Phi) is 5.10. The molecule has 1 amide bonds. The quantitative estimate of drug-likeness (QED) is 0.312. The van der Waals surface area contributed by atoms with Crippen LogP contribution in [0, 0.1) is 21.4 Å². The van der Waals surface area contributed by atoms with Crippen LogP contribution in [0.3, 0.4) is 0 Å². The van der Waals surface area contributed by atoms with E-state index in [1.54, 1.807) is 31.4 Å². The Morgan fingerprint density at radius 2 is 2.07 bits per heavy atom. The second kappa shape index (κ2) is 7.63. The fourth-order valence-electron chi connectivity index (χ4n) is 2.26. The molecule has 1 heterocycles. The van der Waals surface area contributed by atoms with Gasteiger partial charge in [0.25, 0.3) is 11.6 Å². The molecule has 0 saturated carbocycles. The van der Waals surface area contributed by atoms with Crippen LogP contribution in [0.1, 0.15) is 5.56 Å². The number of rotatable bonds is 5. The molecule has 0 spiro atoms. The Hall–Kier alpha value is -3.77. The lowest BCUT2D eigenvalue weighted by Crippen LogP contribution is -2.13. The molecule has 3 aromatic rings. The summed E-state index contributed by atoms with van der Waals surface area (Å²) in [4.78, 5) is 26.9. The van der Waals surface area contributed by atoms with Crippen molar-refractivity contribution in [3.05, 3.63) is 63.7 Å². The van der Waals surface area contributed by atoms with E-state index in [-0.39, 0.29) is 16.4 Å². The molecule has 0 radical (unpaired) electrons. The molecule has 0 fully saturated rings. The second-order valence-corrected chi connectivity index (χ2v) is 6.36. The first kappa shape index (κ1) is 18.0. The minimum atomic E-state index is -0.609. The number of amides is 1. The summed E-state index contributed by atoms with van der Waals surface area (Å²) >= 11 is 1.10. The van der Waals surface area contributed by atoms with Crippen LogP contribution in [-0.2, 0) is 4.79 Å². The van der Waals surface area contributed by atoms with Crippen LogP contribution < -0.4 is 10.1 Å². The monoisotopic (exact) mass is 380 g/mol. The number of nitro groups is 1. The molecule has 8 nitrogen and oxygen atoms in total. The van der Waals surface area contributed by atoms with E-state index in [0.29, 0.717) is 21.5 Å². The van der Waals surface area contributed by atoms with E-state index in [4.69, 9.17) is 4.74 Å². The van der Waals surface area contributed by atoms with Gasteiger partial charge in [0.05, 0.1) is 22.2 Å². The summed E-state index contributed by atoms with van der Waals surface area (Å²) in [5, 5.41) is 22.9. The molecule has 2 aromatic carbocycles. The summed E-state index contributed by atoms with van der Waals surface area (Å²) < 4.78 is 5.63. The number of nitrogens with zero attached hydrogens (tertiary/aromatic N) is 3. The van der Waals surface area contributed by atoms with Gasteiger partial charge in [0, 0.05) is 12.1 Å². The highest BCUT2D eigenvalue weighted by Crippen LogP contribution is 2.29. The number of benzene rings is 2. The summed E-state index contributed by atoms with van der Waals surface area (Å²) in [5.74, 6) is 0.0561. The fraction of sp³-hybridized carbons (Fsp3) is 0.0556. The highest BCUT2D eigenvalue weighted by Gasteiger charge is 2.14. The molecule has 0 aliphatic carbocycles. The molecular formula is C18H12N4O4S. The van der Waals surface area contributed by atoms with E-state index in [0.717, 1.165) is 11.3 Å². The van der Waals surface area contributed by atoms with Crippen LogP contribution in [-0.4, -0.2) is 22.9 Å². The van der Waals surface area contributed by atoms with Gasteiger partial charge >= 0.3 is 0 Å². The van der Waals surface area contributed by atoms with Gasteiger partial charge in [0.2, 0.25) is 0 Å². The number of methoxy groups -OCH3 is 1. The van der Waals surface area contributed by atoms with Crippen molar-refractivity contribution in [2.45, 2.75) is 0 Å². The van der Waals surface area contributed by atoms with E-state index in [2.05, 4.69) is 10.3 Å². The number of nitrogens with one attached hydrogen (secondary N) is 1. The average molecular weight is 380 g/mol. The van der Waals surface area contributed by atoms with Crippen molar-refractivity contribution >= 4 is 44.4 Å². The van der Waals surface area contributed by atoms with Gasteiger partial charge < -0.3 is 4.74 Å². The molecule has 0 aliphatic heterocycles. The van der Waals surface area contributed by atoms with Gasteiger partial charge in [0.15, 0.2) is 5.13 Å². The Morgan fingerprint density at radius 3 is 2.70 bits per heavy atom. The maximum atomic E-state index is 12.4. The van der Waals surface area contributed by atoms with Crippen LogP contribution in [0.4, 0.5) is 10.8 Å². The predicted octanol–water partition coefficient (Wildman–Crippen LogP) is 3.76. The molecule has 0 saturated heterocycles. The molecule has 0 bridgehead atoms. The zero-order chi connectivity index (χ0) is 19.4. The van der Waals surface area contributed by atoms with Crippen molar-refractivity contribution in [1.29, 1.82) is 5.26 Å². The Balaban J connectivity index is 1.81. The molecule has 0 atom stereocenters. The molecule has 1 N–H and O–H groups in total. The SMILES string of the molecule is COc1ccc(/C=C(\C#N)C(=O)Nc2nc3ccc([N+](=O)[O-])cc3s2)cc1. The zero-order valence-electron chi connectivity index (χ0n) is 14.0. The van der Waals surface area contributed by atoms with Gasteiger partial charge in [-0.3, -0.25) is 20.2 Å². The number of non-ortho nitro benzene ring substituents is 1. The molecule has 134 valence electrons. The van der Waals surface area contributed by atoms with Crippen molar-refractivity contribution in [2.75, 3.05) is 12.4 Å². The third-order valence-corrected chi connectivity index (χ3v) is 4.53. The molecule has 1 aromatic heterocycles. The van der Waals surface area contributed by atoms with E-state index in [9.17, 15) is 20.2 Å². The maximum Gasteiger partial charge on any atom is 0.270 e. The highest BCUT2D eigenvalue weighted by atomic mass is 32.1. The third kappa shape index (κ3) is 4.08. The lowest BCUT2D eigenvalue weighted by Gasteiger charge is -2.01. The number of hydrogen-bond donors (Lipinski definition) is 1. The standard InChI is InChI=1S/C18H12N4O4S/c1-26-14-5-2-11(3-6-14)8-12(10-19)17(23)21-18-20-15-7-4-13(22(24)25)9-16(15)27-18/h2-9H,1H3,(H,20,21,23)/b12-8+. The number of carbonyl (C=O) groups excluding carboxylic acids is 1. The van der Waals surface area contributed by atoms with Gasteiger partial charge in [-0.25, -0.2) is 4.98 Å². The minimum Gasteiger partial charge on any atom is -0.497 e. The Morgan fingerprint density at radius 1 is 1.33 bits per heavy atom. The number of ether oxygens (including phenoxy) is 1. The first-order valence-electron chi connectivity index (χ1n) is 7.62. The number of carbonyl (C=O) groups is 1. The van der Waals surface area contributed by atoms with Crippen LogP contribution in [0.5, 0.6) is 5.75 Å². The van der Waals surface area contributed by atoms with Crippen molar-refractivity contribution < 1.29 is 14.5 Å². The molecule has 0 aliphatic rings. The van der Waals surface area contributed by atoms with Crippen molar-refractivity contribution in [3.8, 4) is 11.8 Å². The predicted molar refractivity (Wildman–Crippen MR) is 101 cm³/mol. The normalized spacial score (nSPS) is 11.0. The van der Waals surface area contributed by atoms with Crippen LogP contribution in [0.15, 0.2) is 48.0 Å². The summed E-state index contributed by atoms with van der Waals surface area (Å²) in [6.07, 6.45) is 1.45. The Labute approximate surface area is 157 Å². The van der Waals surface area contributed by atoms with E-state index in [1.807, 2.05) is 6.07 Å². The molecule has 0 unspecified atom stereocenters. The van der Waals surface area contributed by atoms with Crippen LogP contribution in [0.2, 0.25) is 0 Å². The number of nitro benzene ring substituents is 1. The van der Waals surface area contributed by atoms with Crippen molar-refractivity contribution in [3.63, 3.8) is 0 Å². The first-order valence-corrected chi connectivity index (χ1v) is 8.44. The van der Waals surface area contributed by atoms with E-state index < -0.39 is 10.8 Å². The summed E-state index contributed by atoms with van der Waals surface area (Å²) in [6, 6.07) is 13.0. The molecule has 3 rings (SSSR count). The first-order chi connectivity index (χ1) is 13.0. The van der Waals surface area contributed by atoms with Gasteiger partial charge in [-0.1, -0.05) is 23.5 Å². The van der Waals surface area contributed by atoms with Crippen LogP contribution in [0.25, 0.3) is 16.3 Å². The topological polar surface area (TPSA) is 118 Å². The van der Waals surface area contributed by atoms with E-state index in [1.165, 1.54) is 24.3 Å². The number of nitriles is 1. The van der Waals surface area contributed by atoms with Gasteiger partial charge in [-0.05, 0) is 29.8 Å². The second-order valence-electron chi connectivity index (χ2n) is 5.33. The Bertz CT molecular complexity index is 1100. The summed E-state index contributed by atoms with van der Waals surface area (Å²) in [5.41, 5.74) is 1.05. The molecule has 9 heteroatoms. The highest BCUT2D eigenvalue weighted by molar-refractivity contribution is 7.22. The number of thiazole rings is 1. The van der Waals surface area contributed by atoms with E-state index >= 15 is 0 Å². The third-order valence-electron chi connectivity index (χ3n) is 3.60. The summed E-state index contributed by atoms with van der Waals surface area (Å²) in [6.45, 7) is 0. The number of fused-ring (bicyclic) bond motifs is 1. The minimum absolute atomic E-state index is 0.0545. The summed E-state index contributed by atoms with van der Waals surface area (Å²) in [7, 11) is 1.55. The van der Waals surface area contributed by atoms with Crippen molar-refractivity contribution in [2.24, 2.45) is 0 Å². The van der Waals surface area contributed by atoms with Crippen molar-refractivity contribution in [1.82, 2.24) is 4.98 Å². The number of aromatic nitrogens is 1. The maximum absolute atomic E-state index is 12.4. The lowest BCUT2D eigenvalue weighted by molar-refractivity contribution is -0.384. The molecular weight excluding hydrogens is 368 g/mol. The van der Waals surface area contributed by atoms with Crippen LogP contribution >= 0.6 is 11.3 Å². The smallest absolute Gasteiger partial charge is 0.270 e. The average Bonchev–Trinajstić information content (AvgIpc) is 3.07. The number of anilines is 1. The van der Waals surface area contributed by atoms with Gasteiger partial charge in [-0.2, -0.15) is 5.26 Å².